The number of benzene rings is 1. The molecule has 1 fully saturated rings. The van der Waals surface area contributed by atoms with Crippen molar-refractivity contribution in [2.24, 2.45) is 0 Å². The Bertz CT molecular complexity index is 373. The molecule has 0 aliphatic carbocycles. The van der Waals surface area contributed by atoms with Crippen LogP contribution in [0, 0.1) is 17.5 Å². The van der Waals surface area contributed by atoms with Crippen LogP contribution in [0.3, 0.4) is 0 Å². The molecular weight excluding hydrogens is 215 g/mol. The van der Waals surface area contributed by atoms with Gasteiger partial charge in [-0.15, -0.1) is 0 Å². The lowest BCUT2D eigenvalue weighted by Gasteiger charge is -2.23. The summed E-state index contributed by atoms with van der Waals surface area (Å²) in [5, 5.41) is 3.25. The lowest BCUT2D eigenvalue weighted by Crippen LogP contribution is -2.35. The van der Waals surface area contributed by atoms with Crippen molar-refractivity contribution in [1.82, 2.24) is 5.32 Å². The molecule has 1 unspecified atom stereocenters. The molecule has 1 aromatic rings. The van der Waals surface area contributed by atoms with Crippen LogP contribution in [0.2, 0.25) is 0 Å². The SMILES string of the molecule is Fc1ccc(CC2CCCCN2)c(F)c1F. The summed E-state index contributed by atoms with van der Waals surface area (Å²) in [5.41, 5.74) is 0.248. The van der Waals surface area contributed by atoms with E-state index < -0.39 is 17.5 Å². The monoisotopic (exact) mass is 229 g/mol. The molecule has 0 aromatic heterocycles. The predicted molar refractivity (Wildman–Crippen MR) is 55.7 cm³/mol. The van der Waals surface area contributed by atoms with Gasteiger partial charge in [-0.3, -0.25) is 0 Å². The topological polar surface area (TPSA) is 12.0 Å². The Balaban J connectivity index is 2.11. The van der Waals surface area contributed by atoms with E-state index in [0.29, 0.717) is 6.42 Å². The van der Waals surface area contributed by atoms with Crippen LogP contribution in [0.1, 0.15) is 24.8 Å². The molecule has 0 saturated carbocycles. The van der Waals surface area contributed by atoms with E-state index in [-0.39, 0.29) is 11.6 Å². The van der Waals surface area contributed by atoms with Crippen molar-refractivity contribution in [2.75, 3.05) is 6.54 Å². The summed E-state index contributed by atoms with van der Waals surface area (Å²) >= 11 is 0. The fraction of sp³-hybridized carbons (Fsp3) is 0.500. The van der Waals surface area contributed by atoms with Gasteiger partial charge >= 0.3 is 0 Å². The minimum atomic E-state index is -1.37. The zero-order valence-electron chi connectivity index (χ0n) is 8.90. The normalized spacial score (nSPS) is 21.1. The van der Waals surface area contributed by atoms with Gasteiger partial charge in [0.2, 0.25) is 0 Å². The van der Waals surface area contributed by atoms with E-state index >= 15 is 0 Å². The molecule has 2 rings (SSSR count). The molecule has 1 heterocycles. The summed E-state index contributed by atoms with van der Waals surface area (Å²) in [6.45, 7) is 0.913. The van der Waals surface area contributed by atoms with Crippen molar-refractivity contribution in [2.45, 2.75) is 31.7 Å². The Labute approximate surface area is 92.7 Å². The van der Waals surface area contributed by atoms with Gasteiger partial charge in [-0.1, -0.05) is 12.5 Å². The highest BCUT2D eigenvalue weighted by Gasteiger charge is 2.18. The maximum absolute atomic E-state index is 13.4. The lowest BCUT2D eigenvalue weighted by atomic mass is 9.97. The van der Waals surface area contributed by atoms with Crippen LogP contribution in [0.25, 0.3) is 0 Å². The third kappa shape index (κ3) is 2.38. The Morgan fingerprint density at radius 2 is 1.94 bits per heavy atom. The van der Waals surface area contributed by atoms with Crippen molar-refractivity contribution in [3.05, 3.63) is 35.1 Å². The van der Waals surface area contributed by atoms with E-state index in [0.717, 1.165) is 31.9 Å². The molecule has 1 aliphatic rings. The highest BCUT2D eigenvalue weighted by atomic mass is 19.2. The molecule has 1 saturated heterocycles. The second-order valence-corrected chi connectivity index (χ2v) is 4.19. The summed E-state index contributed by atoms with van der Waals surface area (Å²) in [4.78, 5) is 0. The number of piperidine rings is 1. The van der Waals surface area contributed by atoms with Gasteiger partial charge in [-0.2, -0.15) is 0 Å². The van der Waals surface area contributed by atoms with Gasteiger partial charge in [0.15, 0.2) is 17.5 Å². The number of halogens is 3. The smallest absolute Gasteiger partial charge is 0.194 e. The molecule has 0 spiro atoms. The summed E-state index contributed by atoms with van der Waals surface area (Å²) < 4.78 is 39.1. The largest absolute Gasteiger partial charge is 0.314 e. The summed E-state index contributed by atoms with van der Waals surface area (Å²) in [7, 11) is 0. The summed E-state index contributed by atoms with van der Waals surface area (Å²) in [6.07, 6.45) is 3.60. The van der Waals surface area contributed by atoms with Crippen molar-refractivity contribution in [3.63, 3.8) is 0 Å². The highest BCUT2D eigenvalue weighted by molar-refractivity contribution is 5.21. The first-order valence-corrected chi connectivity index (χ1v) is 5.54. The summed E-state index contributed by atoms with van der Waals surface area (Å²) in [6, 6.07) is 2.48. The maximum Gasteiger partial charge on any atom is 0.194 e. The zero-order valence-corrected chi connectivity index (χ0v) is 8.90. The number of hydrogen-bond acceptors (Lipinski definition) is 1. The molecule has 88 valence electrons. The van der Waals surface area contributed by atoms with E-state index in [1.807, 2.05) is 0 Å². The molecule has 1 N–H and O–H groups in total. The van der Waals surface area contributed by atoms with Crippen molar-refractivity contribution < 1.29 is 13.2 Å². The van der Waals surface area contributed by atoms with E-state index in [1.165, 1.54) is 6.07 Å². The van der Waals surface area contributed by atoms with Gasteiger partial charge in [0.25, 0.3) is 0 Å². The summed E-state index contributed by atoms with van der Waals surface area (Å²) in [5.74, 6) is -3.54. The molecule has 1 aliphatic heterocycles. The van der Waals surface area contributed by atoms with Crippen LogP contribution in [0.15, 0.2) is 12.1 Å². The number of hydrogen-bond donors (Lipinski definition) is 1. The third-order valence-electron chi connectivity index (χ3n) is 2.99. The Morgan fingerprint density at radius 3 is 2.62 bits per heavy atom. The number of rotatable bonds is 2. The van der Waals surface area contributed by atoms with Gasteiger partial charge in [0.1, 0.15) is 0 Å². The van der Waals surface area contributed by atoms with Crippen molar-refractivity contribution in [3.8, 4) is 0 Å². The van der Waals surface area contributed by atoms with Crippen LogP contribution in [-0.4, -0.2) is 12.6 Å². The average Bonchev–Trinajstić information content (AvgIpc) is 2.31. The minimum Gasteiger partial charge on any atom is -0.314 e. The van der Waals surface area contributed by atoms with Crippen LogP contribution < -0.4 is 5.32 Å². The van der Waals surface area contributed by atoms with Crippen LogP contribution in [0.5, 0.6) is 0 Å². The first-order valence-electron chi connectivity index (χ1n) is 5.54. The predicted octanol–water partition coefficient (Wildman–Crippen LogP) is 2.79. The first kappa shape index (κ1) is 11.5. The average molecular weight is 229 g/mol. The highest BCUT2D eigenvalue weighted by Crippen LogP contribution is 2.19. The molecule has 1 atom stereocenters. The Morgan fingerprint density at radius 1 is 1.12 bits per heavy atom. The van der Waals surface area contributed by atoms with Gasteiger partial charge in [-0.05, 0) is 37.4 Å². The second-order valence-electron chi connectivity index (χ2n) is 4.19. The van der Waals surface area contributed by atoms with E-state index in [4.69, 9.17) is 0 Å². The lowest BCUT2D eigenvalue weighted by molar-refractivity contribution is 0.387. The molecule has 1 aromatic carbocycles. The molecule has 0 bridgehead atoms. The quantitative estimate of drug-likeness (QED) is 0.769. The van der Waals surface area contributed by atoms with Gasteiger partial charge in [0, 0.05) is 6.04 Å². The molecule has 1 nitrogen and oxygen atoms in total. The van der Waals surface area contributed by atoms with E-state index in [9.17, 15) is 13.2 Å². The van der Waals surface area contributed by atoms with Gasteiger partial charge in [0.05, 0.1) is 0 Å². The number of nitrogens with one attached hydrogen (secondary N) is 1. The maximum atomic E-state index is 13.4. The van der Waals surface area contributed by atoms with Gasteiger partial charge in [-0.25, -0.2) is 13.2 Å². The third-order valence-corrected chi connectivity index (χ3v) is 2.99. The molecule has 4 heteroatoms. The fourth-order valence-corrected chi connectivity index (χ4v) is 2.09. The standard InChI is InChI=1S/C12H14F3N/c13-10-5-4-8(11(14)12(10)15)7-9-3-1-2-6-16-9/h4-5,9,16H,1-3,6-7H2. The van der Waals surface area contributed by atoms with Crippen LogP contribution in [-0.2, 0) is 6.42 Å². The van der Waals surface area contributed by atoms with Crippen LogP contribution in [0.4, 0.5) is 13.2 Å². The second kappa shape index (κ2) is 4.87. The molecule has 16 heavy (non-hydrogen) atoms. The van der Waals surface area contributed by atoms with E-state index in [1.54, 1.807) is 0 Å². The first-order chi connectivity index (χ1) is 7.68. The molecule has 0 amide bonds. The van der Waals surface area contributed by atoms with Gasteiger partial charge < -0.3 is 5.32 Å². The van der Waals surface area contributed by atoms with Crippen molar-refractivity contribution >= 4 is 0 Å². The molecule has 0 radical (unpaired) electrons. The zero-order chi connectivity index (χ0) is 11.5. The fourth-order valence-electron chi connectivity index (χ4n) is 2.09. The van der Waals surface area contributed by atoms with Crippen molar-refractivity contribution in [1.29, 1.82) is 0 Å². The minimum absolute atomic E-state index is 0.174. The molecular formula is C12H14F3N. The Hall–Kier alpha value is -1.03. The van der Waals surface area contributed by atoms with E-state index in [2.05, 4.69) is 5.32 Å². The van der Waals surface area contributed by atoms with Crippen LogP contribution >= 0.6 is 0 Å². The Kier molecular flexibility index (Phi) is 3.49.